The number of hydrogen-bond donors (Lipinski definition) is 1. The lowest BCUT2D eigenvalue weighted by Gasteiger charge is -2.30. The van der Waals surface area contributed by atoms with Crippen LogP contribution in [0.1, 0.15) is 18.5 Å². The van der Waals surface area contributed by atoms with Crippen LogP contribution < -0.4 is 10.2 Å². The molecule has 0 radical (unpaired) electrons. The van der Waals surface area contributed by atoms with Crippen molar-refractivity contribution in [3.8, 4) is 0 Å². The number of carbonyl (C=O) groups is 1. The van der Waals surface area contributed by atoms with Crippen molar-refractivity contribution in [2.45, 2.75) is 17.9 Å². The Bertz CT molecular complexity index is 645. The monoisotopic (exact) mass is 312 g/mol. The highest BCUT2D eigenvalue weighted by Crippen LogP contribution is 2.33. The van der Waals surface area contributed by atoms with Gasteiger partial charge in [-0.2, -0.15) is 0 Å². The van der Waals surface area contributed by atoms with Gasteiger partial charge in [-0.15, -0.1) is 11.8 Å². The predicted octanol–water partition coefficient (Wildman–Crippen LogP) is 3.48. The third-order valence-electron chi connectivity index (χ3n) is 3.84. The Morgan fingerprint density at radius 2 is 1.91 bits per heavy atom. The Morgan fingerprint density at radius 1 is 1.18 bits per heavy atom. The van der Waals surface area contributed by atoms with Gasteiger partial charge in [0.1, 0.15) is 0 Å². The first-order valence-corrected chi connectivity index (χ1v) is 8.53. The van der Waals surface area contributed by atoms with Crippen LogP contribution in [0.25, 0.3) is 0 Å². The van der Waals surface area contributed by atoms with E-state index in [4.69, 9.17) is 0 Å². The number of nitrogens with one attached hydrogen (secondary N) is 1. The third kappa shape index (κ3) is 3.45. The standard InChI is InChI=1S/C18H20N2OS/c1-14(15-7-3-2-4-8-15)19-18(21)13-20-11-12-22-17-10-6-5-9-16(17)20/h2-10,14H,11-13H2,1H3,(H,19,21)/t14-/m1/s1. The van der Waals surface area contributed by atoms with E-state index in [-0.39, 0.29) is 11.9 Å². The number of anilines is 1. The molecule has 22 heavy (non-hydrogen) atoms. The van der Waals surface area contributed by atoms with E-state index in [1.807, 2.05) is 61.2 Å². The van der Waals surface area contributed by atoms with E-state index in [1.54, 1.807) is 0 Å². The molecule has 0 saturated heterocycles. The topological polar surface area (TPSA) is 32.3 Å². The van der Waals surface area contributed by atoms with Gasteiger partial charge in [0, 0.05) is 17.2 Å². The van der Waals surface area contributed by atoms with Gasteiger partial charge in [-0.05, 0) is 24.6 Å². The summed E-state index contributed by atoms with van der Waals surface area (Å²) in [4.78, 5) is 15.8. The molecule has 0 bridgehead atoms. The van der Waals surface area contributed by atoms with Gasteiger partial charge in [0.05, 0.1) is 18.3 Å². The lowest BCUT2D eigenvalue weighted by atomic mass is 10.1. The molecule has 2 aromatic carbocycles. The lowest BCUT2D eigenvalue weighted by Crippen LogP contribution is -2.40. The summed E-state index contributed by atoms with van der Waals surface area (Å²) in [5.74, 6) is 1.09. The van der Waals surface area contributed by atoms with Gasteiger partial charge < -0.3 is 10.2 Å². The Morgan fingerprint density at radius 3 is 2.73 bits per heavy atom. The molecule has 1 aliphatic rings. The van der Waals surface area contributed by atoms with Crippen molar-refractivity contribution in [2.75, 3.05) is 23.7 Å². The van der Waals surface area contributed by atoms with Gasteiger partial charge in [-0.25, -0.2) is 0 Å². The maximum atomic E-state index is 12.3. The third-order valence-corrected chi connectivity index (χ3v) is 4.88. The molecule has 3 nitrogen and oxygen atoms in total. The number of carbonyl (C=O) groups excluding carboxylic acids is 1. The second kappa shape index (κ2) is 6.88. The van der Waals surface area contributed by atoms with Gasteiger partial charge in [-0.3, -0.25) is 4.79 Å². The number of hydrogen-bond acceptors (Lipinski definition) is 3. The minimum atomic E-state index is 0.0307. The van der Waals surface area contributed by atoms with E-state index in [2.05, 4.69) is 22.3 Å². The van der Waals surface area contributed by atoms with E-state index in [1.165, 1.54) is 10.6 Å². The average Bonchev–Trinajstić information content (AvgIpc) is 2.56. The van der Waals surface area contributed by atoms with Gasteiger partial charge in [-0.1, -0.05) is 42.5 Å². The number of thioether (sulfide) groups is 1. The van der Waals surface area contributed by atoms with Crippen LogP contribution in [0.5, 0.6) is 0 Å². The van der Waals surface area contributed by atoms with Gasteiger partial charge in [0.25, 0.3) is 0 Å². The Labute approximate surface area is 135 Å². The van der Waals surface area contributed by atoms with Gasteiger partial charge in [0.15, 0.2) is 0 Å². The van der Waals surface area contributed by atoms with Crippen molar-refractivity contribution >= 4 is 23.4 Å². The summed E-state index contributed by atoms with van der Waals surface area (Å²) in [6, 6.07) is 18.4. The molecule has 3 rings (SSSR count). The molecular weight excluding hydrogens is 292 g/mol. The van der Waals surface area contributed by atoms with Crippen LogP contribution in [0.2, 0.25) is 0 Å². The summed E-state index contributed by atoms with van der Waals surface area (Å²) in [6.45, 7) is 3.34. The maximum absolute atomic E-state index is 12.3. The SMILES string of the molecule is C[C@@H](NC(=O)CN1CCSc2ccccc21)c1ccccc1. The molecular formula is C18H20N2OS. The summed E-state index contributed by atoms with van der Waals surface area (Å²) >= 11 is 1.86. The molecule has 1 aliphatic heterocycles. The lowest BCUT2D eigenvalue weighted by molar-refractivity contribution is -0.120. The molecule has 0 spiro atoms. The van der Waals surface area contributed by atoms with E-state index in [0.717, 1.165) is 17.9 Å². The summed E-state index contributed by atoms with van der Waals surface area (Å²) in [5.41, 5.74) is 2.30. The normalized spacial score (nSPS) is 15.0. The zero-order valence-corrected chi connectivity index (χ0v) is 13.5. The van der Waals surface area contributed by atoms with Crippen LogP contribution in [0.15, 0.2) is 59.5 Å². The molecule has 4 heteroatoms. The van der Waals surface area contributed by atoms with E-state index < -0.39 is 0 Å². The molecule has 0 aliphatic carbocycles. The molecule has 0 saturated carbocycles. The van der Waals surface area contributed by atoms with Crippen molar-refractivity contribution in [1.29, 1.82) is 0 Å². The number of fused-ring (bicyclic) bond motifs is 1. The molecule has 1 atom stereocenters. The number of rotatable bonds is 4. The minimum absolute atomic E-state index is 0.0307. The van der Waals surface area contributed by atoms with Crippen molar-refractivity contribution in [3.05, 3.63) is 60.2 Å². The summed E-state index contributed by atoms with van der Waals surface area (Å²) in [7, 11) is 0. The van der Waals surface area contributed by atoms with Crippen molar-refractivity contribution in [1.82, 2.24) is 5.32 Å². The number of amides is 1. The van der Waals surface area contributed by atoms with Crippen LogP contribution in [-0.4, -0.2) is 24.7 Å². The Kier molecular flexibility index (Phi) is 4.68. The second-order valence-corrected chi connectivity index (χ2v) is 6.57. The summed E-state index contributed by atoms with van der Waals surface area (Å²) in [5, 5.41) is 3.09. The van der Waals surface area contributed by atoms with E-state index in [9.17, 15) is 4.79 Å². The van der Waals surface area contributed by atoms with Crippen LogP contribution in [0.4, 0.5) is 5.69 Å². The van der Waals surface area contributed by atoms with Gasteiger partial charge in [0.2, 0.25) is 5.91 Å². The summed E-state index contributed by atoms with van der Waals surface area (Å²) < 4.78 is 0. The highest BCUT2D eigenvalue weighted by atomic mass is 32.2. The smallest absolute Gasteiger partial charge is 0.239 e. The predicted molar refractivity (Wildman–Crippen MR) is 92.4 cm³/mol. The van der Waals surface area contributed by atoms with Crippen molar-refractivity contribution in [2.24, 2.45) is 0 Å². The highest BCUT2D eigenvalue weighted by Gasteiger charge is 2.19. The first-order valence-electron chi connectivity index (χ1n) is 7.55. The number of nitrogens with zero attached hydrogens (tertiary/aromatic N) is 1. The van der Waals surface area contributed by atoms with Gasteiger partial charge >= 0.3 is 0 Å². The second-order valence-electron chi connectivity index (χ2n) is 5.44. The zero-order chi connectivity index (χ0) is 15.4. The zero-order valence-electron chi connectivity index (χ0n) is 12.7. The molecule has 1 heterocycles. The van der Waals surface area contributed by atoms with Crippen molar-refractivity contribution in [3.63, 3.8) is 0 Å². The molecule has 0 unspecified atom stereocenters. The fraction of sp³-hybridized carbons (Fsp3) is 0.278. The van der Waals surface area contributed by atoms with Crippen LogP contribution >= 0.6 is 11.8 Å². The minimum Gasteiger partial charge on any atom is -0.360 e. The number of benzene rings is 2. The largest absolute Gasteiger partial charge is 0.360 e. The fourth-order valence-electron chi connectivity index (χ4n) is 2.68. The van der Waals surface area contributed by atoms with Crippen molar-refractivity contribution < 1.29 is 4.79 Å². The highest BCUT2D eigenvalue weighted by molar-refractivity contribution is 7.99. The average molecular weight is 312 g/mol. The molecule has 0 aromatic heterocycles. The Balaban J connectivity index is 1.63. The fourth-order valence-corrected chi connectivity index (χ4v) is 3.73. The maximum Gasteiger partial charge on any atom is 0.239 e. The Hall–Kier alpha value is -1.94. The quantitative estimate of drug-likeness (QED) is 0.938. The first kappa shape index (κ1) is 15.0. The van der Waals surface area contributed by atoms with Crippen LogP contribution in [0, 0.1) is 0 Å². The molecule has 1 amide bonds. The number of para-hydroxylation sites is 1. The molecule has 1 N–H and O–H groups in total. The van der Waals surface area contributed by atoms with Crippen LogP contribution in [-0.2, 0) is 4.79 Å². The van der Waals surface area contributed by atoms with Crippen LogP contribution in [0.3, 0.4) is 0 Å². The molecule has 2 aromatic rings. The first-order chi connectivity index (χ1) is 10.7. The van der Waals surface area contributed by atoms with E-state index >= 15 is 0 Å². The molecule has 0 fully saturated rings. The van der Waals surface area contributed by atoms with E-state index in [0.29, 0.717) is 6.54 Å². The molecule has 114 valence electrons. The summed E-state index contributed by atoms with van der Waals surface area (Å²) in [6.07, 6.45) is 0.